The highest BCUT2D eigenvalue weighted by atomic mass is 79.9. The van der Waals surface area contributed by atoms with Gasteiger partial charge in [-0.3, -0.25) is 4.79 Å². The SMILES string of the molecule is COC(=O)C(Br)CNCC1CCC(O)C1. The summed E-state index contributed by atoms with van der Waals surface area (Å²) in [5, 5.41) is 12.5. The molecule has 1 aliphatic carbocycles. The van der Waals surface area contributed by atoms with E-state index < -0.39 is 0 Å². The second kappa shape index (κ2) is 6.45. The van der Waals surface area contributed by atoms with Crippen molar-refractivity contribution in [3.63, 3.8) is 0 Å². The Morgan fingerprint density at radius 1 is 1.67 bits per heavy atom. The third-order valence-electron chi connectivity index (χ3n) is 2.73. The van der Waals surface area contributed by atoms with E-state index in [-0.39, 0.29) is 16.9 Å². The maximum atomic E-state index is 11.0. The lowest BCUT2D eigenvalue weighted by molar-refractivity contribution is -0.139. The first-order valence-corrected chi connectivity index (χ1v) is 6.15. The fourth-order valence-corrected chi connectivity index (χ4v) is 2.28. The number of carbonyl (C=O) groups is 1. The van der Waals surface area contributed by atoms with Gasteiger partial charge >= 0.3 is 5.97 Å². The van der Waals surface area contributed by atoms with Crippen LogP contribution in [0.25, 0.3) is 0 Å². The Balaban J connectivity index is 2.08. The van der Waals surface area contributed by atoms with Gasteiger partial charge in [-0.1, -0.05) is 15.9 Å². The van der Waals surface area contributed by atoms with E-state index in [1.54, 1.807) is 0 Å². The van der Waals surface area contributed by atoms with Gasteiger partial charge in [0.25, 0.3) is 0 Å². The zero-order valence-electron chi connectivity index (χ0n) is 8.91. The topological polar surface area (TPSA) is 58.6 Å². The van der Waals surface area contributed by atoms with Crippen LogP contribution in [0.3, 0.4) is 0 Å². The molecule has 0 aromatic rings. The molecule has 1 fully saturated rings. The second-order valence-electron chi connectivity index (χ2n) is 3.98. The molecule has 0 radical (unpaired) electrons. The molecule has 3 atom stereocenters. The Kier molecular flexibility index (Phi) is 5.56. The van der Waals surface area contributed by atoms with Crippen molar-refractivity contribution >= 4 is 21.9 Å². The molecule has 0 aliphatic heterocycles. The third-order valence-corrected chi connectivity index (χ3v) is 3.42. The maximum Gasteiger partial charge on any atom is 0.320 e. The number of hydrogen-bond donors (Lipinski definition) is 2. The summed E-state index contributed by atoms with van der Waals surface area (Å²) in [4.78, 5) is 10.8. The minimum Gasteiger partial charge on any atom is -0.468 e. The number of nitrogens with one attached hydrogen (secondary N) is 1. The van der Waals surface area contributed by atoms with Crippen molar-refractivity contribution in [1.82, 2.24) is 5.32 Å². The van der Waals surface area contributed by atoms with Crippen LogP contribution in [0, 0.1) is 5.92 Å². The summed E-state index contributed by atoms with van der Waals surface area (Å²) in [6.45, 7) is 1.43. The first-order valence-electron chi connectivity index (χ1n) is 5.24. The second-order valence-corrected chi connectivity index (χ2v) is 5.09. The quantitative estimate of drug-likeness (QED) is 0.574. The Morgan fingerprint density at radius 2 is 2.40 bits per heavy atom. The van der Waals surface area contributed by atoms with Gasteiger partial charge < -0.3 is 15.2 Å². The van der Waals surface area contributed by atoms with Gasteiger partial charge in [0.15, 0.2) is 0 Å². The molecule has 1 rings (SSSR count). The molecule has 88 valence electrons. The molecule has 0 aromatic carbocycles. The average molecular weight is 280 g/mol. The molecule has 4 nitrogen and oxygen atoms in total. The molecular weight excluding hydrogens is 262 g/mol. The van der Waals surface area contributed by atoms with Crippen molar-refractivity contribution in [2.24, 2.45) is 5.92 Å². The zero-order chi connectivity index (χ0) is 11.3. The monoisotopic (exact) mass is 279 g/mol. The zero-order valence-corrected chi connectivity index (χ0v) is 10.5. The van der Waals surface area contributed by atoms with E-state index >= 15 is 0 Å². The summed E-state index contributed by atoms with van der Waals surface area (Å²) in [5.74, 6) is 0.284. The van der Waals surface area contributed by atoms with Crippen LogP contribution in [0.4, 0.5) is 0 Å². The highest BCUT2D eigenvalue weighted by molar-refractivity contribution is 9.10. The highest BCUT2D eigenvalue weighted by Gasteiger charge is 2.23. The number of alkyl halides is 1. The van der Waals surface area contributed by atoms with E-state index in [0.29, 0.717) is 12.5 Å². The Labute approximate surface area is 98.5 Å². The Hall–Kier alpha value is -0.130. The molecule has 0 bridgehead atoms. The van der Waals surface area contributed by atoms with E-state index in [4.69, 9.17) is 0 Å². The largest absolute Gasteiger partial charge is 0.468 e. The van der Waals surface area contributed by atoms with E-state index in [1.165, 1.54) is 7.11 Å². The highest BCUT2D eigenvalue weighted by Crippen LogP contribution is 2.24. The molecule has 1 aliphatic rings. The van der Waals surface area contributed by atoms with Crippen LogP contribution in [-0.2, 0) is 9.53 Å². The first-order chi connectivity index (χ1) is 7.13. The molecule has 15 heavy (non-hydrogen) atoms. The van der Waals surface area contributed by atoms with Crippen molar-refractivity contribution in [3.05, 3.63) is 0 Å². The van der Waals surface area contributed by atoms with Gasteiger partial charge in [0.1, 0.15) is 4.83 Å². The van der Waals surface area contributed by atoms with Gasteiger partial charge in [0, 0.05) is 6.54 Å². The number of esters is 1. The number of rotatable bonds is 5. The van der Waals surface area contributed by atoms with Crippen LogP contribution in [0.2, 0.25) is 0 Å². The van der Waals surface area contributed by atoms with Gasteiger partial charge in [-0.2, -0.15) is 0 Å². The van der Waals surface area contributed by atoms with E-state index in [1.807, 2.05) is 0 Å². The van der Waals surface area contributed by atoms with E-state index in [0.717, 1.165) is 25.8 Å². The van der Waals surface area contributed by atoms with Crippen molar-refractivity contribution < 1.29 is 14.6 Å². The van der Waals surface area contributed by atoms with Crippen molar-refractivity contribution in [1.29, 1.82) is 0 Å². The van der Waals surface area contributed by atoms with Gasteiger partial charge in [0.2, 0.25) is 0 Å². The molecule has 1 saturated carbocycles. The van der Waals surface area contributed by atoms with Crippen molar-refractivity contribution in [2.45, 2.75) is 30.2 Å². The minimum atomic E-state index is -0.283. The van der Waals surface area contributed by atoms with Crippen LogP contribution in [0.5, 0.6) is 0 Å². The number of aliphatic hydroxyl groups is 1. The van der Waals surface area contributed by atoms with E-state index in [9.17, 15) is 9.90 Å². The summed E-state index contributed by atoms with van der Waals surface area (Å²) >= 11 is 3.24. The summed E-state index contributed by atoms with van der Waals surface area (Å²) in [6.07, 6.45) is 2.72. The predicted molar refractivity (Wildman–Crippen MR) is 60.9 cm³/mol. The fraction of sp³-hybridized carbons (Fsp3) is 0.900. The average Bonchev–Trinajstić information content (AvgIpc) is 2.63. The van der Waals surface area contributed by atoms with Crippen LogP contribution in [0.1, 0.15) is 19.3 Å². The van der Waals surface area contributed by atoms with Gasteiger partial charge in [-0.05, 0) is 31.7 Å². The molecule has 0 heterocycles. The van der Waals surface area contributed by atoms with Gasteiger partial charge in [-0.25, -0.2) is 0 Å². The normalized spacial score (nSPS) is 27.7. The van der Waals surface area contributed by atoms with Gasteiger partial charge in [0.05, 0.1) is 13.2 Å². The third kappa shape index (κ3) is 4.49. The Morgan fingerprint density at radius 3 is 2.93 bits per heavy atom. The summed E-state index contributed by atoms with van der Waals surface area (Å²) in [5.41, 5.74) is 0. The lowest BCUT2D eigenvalue weighted by atomic mass is 10.1. The summed E-state index contributed by atoms with van der Waals surface area (Å²) < 4.78 is 4.59. The first kappa shape index (κ1) is 12.9. The minimum absolute atomic E-state index is 0.128. The molecule has 0 saturated heterocycles. The lowest BCUT2D eigenvalue weighted by Crippen LogP contribution is -2.32. The molecule has 3 unspecified atom stereocenters. The summed E-state index contributed by atoms with van der Waals surface area (Å²) in [7, 11) is 1.38. The number of methoxy groups -OCH3 is 1. The molecule has 5 heteroatoms. The summed E-state index contributed by atoms with van der Waals surface area (Å²) in [6, 6.07) is 0. The molecule has 0 aromatic heterocycles. The number of hydrogen-bond acceptors (Lipinski definition) is 4. The smallest absolute Gasteiger partial charge is 0.320 e. The molecular formula is C10H18BrNO3. The number of aliphatic hydroxyl groups excluding tert-OH is 1. The standard InChI is InChI=1S/C10H18BrNO3/c1-15-10(14)9(11)6-12-5-7-2-3-8(13)4-7/h7-9,12-13H,2-6H2,1H3. The van der Waals surface area contributed by atoms with Crippen LogP contribution in [-0.4, -0.2) is 42.2 Å². The Bertz CT molecular complexity index is 213. The molecule has 0 amide bonds. The van der Waals surface area contributed by atoms with Crippen LogP contribution < -0.4 is 5.32 Å². The van der Waals surface area contributed by atoms with Crippen molar-refractivity contribution in [3.8, 4) is 0 Å². The van der Waals surface area contributed by atoms with Gasteiger partial charge in [-0.15, -0.1) is 0 Å². The van der Waals surface area contributed by atoms with E-state index in [2.05, 4.69) is 26.0 Å². The number of ether oxygens (including phenoxy) is 1. The van der Waals surface area contributed by atoms with Crippen molar-refractivity contribution in [2.75, 3.05) is 20.2 Å². The fourth-order valence-electron chi connectivity index (χ4n) is 1.86. The lowest BCUT2D eigenvalue weighted by Gasteiger charge is -2.12. The van der Waals surface area contributed by atoms with Crippen LogP contribution >= 0.6 is 15.9 Å². The molecule has 2 N–H and O–H groups in total. The predicted octanol–water partition coefficient (Wildman–Crippen LogP) is 0.673. The number of halogens is 1. The van der Waals surface area contributed by atoms with Crippen LogP contribution in [0.15, 0.2) is 0 Å². The molecule has 0 spiro atoms. The number of carbonyl (C=O) groups excluding carboxylic acids is 1. The maximum absolute atomic E-state index is 11.0.